The van der Waals surface area contributed by atoms with Gasteiger partial charge in [0.1, 0.15) is 0 Å². The molecule has 0 amide bonds. The largest absolute Gasteiger partial charge is 0.398 e. The Labute approximate surface area is 73.0 Å². The maximum atomic E-state index is 8.84. The number of hydrogen-bond donors (Lipinski definition) is 2. The average molecular weight is 165 g/mol. The molecule has 2 heteroatoms. The number of rotatable bonds is 2. The van der Waals surface area contributed by atoms with Gasteiger partial charge in [-0.1, -0.05) is 26.0 Å². The zero-order chi connectivity index (χ0) is 9.14. The van der Waals surface area contributed by atoms with Gasteiger partial charge in [0.05, 0.1) is 6.61 Å². The smallest absolute Gasteiger partial charge is 0.0682 e. The van der Waals surface area contributed by atoms with E-state index in [1.807, 2.05) is 18.2 Å². The average Bonchev–Trinajstić information content (AvgIpc) is 2.03. The molecule has 2 nitrogen and oxygen atoms in total. The SMILES string of the molecule is CC(C)c1ccc(CO)cc1N. The van der Waals surface area contributed by atoms with E-state index in [0.29, 0.717) is 5.92 Å². The predicted molar refractivity (Wildman–Crippen MR) is 50.9 cm³/mol. The highest BCUT2D eigenvalue weighted by Gasteiger charge is 2.03. The summed E-state index contributed by atoms with van der Waals surface area (Å²) in [5.41, 5.74) is 8.58. The molecular formula is C10H15NO. The summed E-state index contributed by atoms with van der Waals surface area (Å²) in [6, 6.07) is 5.71. The van der Waals surface area contributed by atoms with E-state index < -0.39 is 0 Å². The van der Waals surface area contributed by atoms with Crippen LogP contribution < -0.4 is 5.73 Å². The predicted octanol–water partition coefficient (Wildman–Crippen LogP) is 1.88. The monoisotopic (exact) mass is 165 g/mol. The van der Waals surface area contributed by atoms with E-state index >= 15 is 0 Å². The van der Waals surface area contributed by atoms with Crippen LogP contribution in [0.3, 0.4) is 0 Å². The van der Waals surface area contributed by atoms with Gasteiger partial charge in [-0.15, -0.1) is 0 Å². The molecule has 0 aromatic heterocycles. The molecule has 0 atom stereocenters. The molecule has 0 aliphatic carbocycles. The highest BCUT2D eigenvalue weighted by atomic mass is 16.3. The zero-order valence-corrected chi connectivity index (χ0v) is 7.54. The summed E-state index contributed by atoms with van der Waals surface area (Å²) in [6.07, 6.45) is 0. The Balaban J connectivity index is 3.03. The normalized spacial score (nSPS) is 10.7. The Kier molecular flexibility index (Phi) is 2.71. The summed E-state index contributed by atoms with van der Waals surface area (Å²) >= 11 is 0. The minimum atomic E-state index is 0.0581. The highest BCUT2D eigenvalue weighted by Crippen LogP contribution is 2.22. The lowest BCUT2D eigenvalue weighted by molar-refractivity contribution is 0.282. The van der Waals surface area contributed by atoms with Crippen LogP contribution in [0.2, 0.25) is 0 Å². The first-order valence-corrected chi connectivity index (χ1v) is 4.14. The topological polar surface area (TPSA) is 46.2 Å². The van der Waals surface area contributed by atoms with Crippen LogP contribution >= 0.6 is 0 Å². The zero-order valence-electron chi connectivity index (χ0n) is 7.54. The minimum absolute atomic E-state index is 0.0581. The standard InChI is InChI=1S/C10H15NO/c1-7(2)9-4-3-8(6-12)5-10(9)11/h3-5,7,12H,6,11H2,1-2H3. The van der Waals surface area contributed by atoms with Gasteiger partial charge in [-0.3, -0.25) is 0 Å². The summed E-state index contributed by atoms with van der Waals surface area (Å²) < 4.78 is 0. The first-order chi connectivity index (χ1) is 5.65. The van der Waals surface area contributed by atoms with Crippen LogP contribution in [-0.4, -0.2) is 5.11 Å². The number of nitrogens with two attached hydrogens (primary N) is 1. The lowest BCUT2D eigenvalue weighted by Gasteiger charge is -2.09. The van der Waals surface area contributed by atoms with E-state index in [1.165, 1.54) is 0 Å². The van der Waals surface area contributed by atoms with Crippen molar-refractivity contribution >= 4 is 5.69 Å². The second-order valence-corrected chi connectivity index (χ2v) is 3.28. The molecule has 1 aromatic carbocycles. The van der Waals surface area contributed by atoms with Crippen LogP contribution in [0.5, 0.6) is 0 Å². The van der Waals surface area contributed by atoms with Crippen molar-refractivity contribution in [2.75, 3.05) is 5.73 Å². The van der Waals surface area contributed by atoms with Gasteiger partial charge in [0.25, 0.3) is 0 Å². The van der Waals surface area contributed by atoms with Crippen LogP contribution in [0.15, 0.2) is 18.2 Å². The van der Waals surface area contributed by atoms with Crippen LogP contribution in [0.4, 0.5) is 5.69 Å². The van der Waals surface area contributed by atoms with Crippen molar-refractivity contribution in [3.05, 3.63) is 29.3 Å². The van der Waals surface area contributed by atoms with E-state index in [2.05, 4.69) is 13.8 Å². The number of nitrogen functional groups attached to an aromatic ring is 1. The van der Waals surface area contributed by atoms with Crippen molar-refractivity contribution in [2.24, 2.45) is 0 Å². The van der Waals surface area contributed by atoms with Crippen molar-refractivity contribution < 1.29 is 5.11 Å². The highest BCUT2D eigenvalue weighted by molar-refractivity contribution is 5.50. The summed E-state index contributed by atoms with van der Waals surface area (Å²) in [5.74, 6) is 0.442. The molecule has 0 bridgehead atoms. The van der Waals surface area contributed by atoms with E-state index in [-0.39, 0.29) is 6.61 Å². The van der Waals surface area contributed by atoms with E-state index in [0.717, 1.165) is 16.8 Å². The molecule has 0 spiro atoms. The molecule has 0 saturated heterocycles. The fourth-order valence-electron chi connectivity index (χ4n) is 1.25. The van der Waals surface area contributed by atoms with Gasteiger partial charge < -0.3 is 10.8 Å². The quantitative estimate of drug-likeness (QED) is 0.657. The van der Waals surface area contributed by atoms with Gasteiger partial charge >= 0.3 is 0 Å². The van der Waals surface area contributed by atoms with Gasteiger partial charge in [-0.25, -0.2) is 0 Å². The van der Waals surface area contributed by atoms with Crippen molar-refractivity contribution in [3.8, 4) is 0 Å². The van der Waals surface area contributed by atoms with Gasteiger partial charge in [0.15, 0.2) is 0 Å². The first-order valence-electron chi connectivity index (χ1n) is 4.14. The Morgan fingerprint density at radius 2 is 2.08 bits per heavy atom. The number of hydrogen-bond acceptors (Lipinski definition) is 2. The van der Waals surface area contributed by atoms with Crippen molar-refractivity contribution in [1.29, 1.82) is 0 Å². The number of benzene rings is 1. The maximum absolute atomic E-state index is 8.84. The third-order valence-corrected chi connectivity index (χ3v) is 1.96. The van der Waals surface area contributed by atoms with Gasteiger partial charge in [-0.2, -0.15) is 0 Å². The molecule has 0 aliphatic heterocycles. The number of aliphatic hydroxyl groups is 1. The molecule has 0 saturated carbocycles. The lowest BCUT2D eigenvalue weighted by atomic mass is 10.00. The molecule has 1 rings (SSSR count). The van der Waals surface area contributed by atoms with Crippen LogP contribution in [0.25, 0.3) is 0 Å². The molecule has 0 heterocycles. The summed E-state index contributed by atoms with van der Waals surface area (Å²) in [6.45, 7) is 4.26. The van der Waals surface area contributed by atoms with E-state index in [1.54, 1.807) is 0 Å². The fraction of sp³-hybridized carbons (Fsp3) is 0.400. The number of aliphatic hydroxyl groups excluding tert-OH is 1. The summed E-state index contributed by atoms with van der Waals surface area (Å²) in [7, 11) is 0. The Bertz CT molecular complexity index is 269. The second-order valence-electron chi connectivity index (χ2n) is 3.28. The molecule has 0 fully saturated rings. The van der Waals surface area contributed by atoms with Crippen molar-refractivity contribution in [2.45, 2.75) is 26.4 Å². The molecule has 0 aliphatic rings. The van der Waals surface area contributed by atoms with Crippen LogP contribution in [0, 0.1) is 0 Å². The lowest BCUT2D eigenvalue weighted by Crippen LogP contribution is -1.97. The molecule has 12 heavy (non-hydrogen) atoms. The molecule has 0 radical (unpaired) electrons. The third kappa shape index (κ3) is 1.77. The summed E-state index contributed by atoms with van der Waals surface area (Å²) in [5, 5.41) is 8.84. The molecule has 66 valence electrons. The van der Waals surface area contributed by atoms with Crippen molar-refractivity contribution in [1.82, 2.24) is 0 Å². The van der Waals surface area contributed by atoms with Crippen LogP contribution in [-0.2, 0) is 6.61 Å². The molecule has 3 N–H and O–H groups in total. The first kappa shape index (κ1) is 9.07. The van der Waals surface area contributed by atoms with E-state index in [9.17, 15) is 0 Å². The fourth-order valence-corrected chi connectivity index (χ4v) is 1.25. The molecule has 1 aromatic rings. The summed E-state index contributed by atoms with van der Waals surface area (Å²) in [4.78, 5) is 0. The van der Waals surface area contributed by atoms with Crippen molar-refractivity contribution in [3.63, 3.8) is 0 Å². The van der Waals surface area contributed by atoms with Gasteiger partial charge in [0, 0.05) is 5.69 Å². The second kappa shape index (κ2) is 3.59. The van der Waals surface area contributed by atoms with E-state index in [4.69, 9.17) is 10.8 Å². The third-order valence-electron chi connectivity index (χ3n) is 1.96. The Morgan fingerprint density at radius 3 is 2.50 bits per heavy atom. The molecule has 0 unspecified atom stereocenters. The van der Waals surface area contributed by atoms with Gasteiger partial charge in [0.2, 0.25) is 0 Å². The van der Waals surface area contributed by atoms with Gasteiger partial charge in [-0.05, 0) is 23.1 Å². The molecular weight excluding hydrogens is 150 g/mol. The number of anilines is 1. The Morgan fingerprint density at radius 1 is 1.42 bits per heavy atom. The van der Waals surface area contributed by atoms with Crippen LogP contribution in [0.1, 0.15) is 30.9 Å². The maximum Gasteiger partial charge on any atom is 0.0682 e. The minimum Gasteiger partial charge on any atom is -0.398 e. The Hall–Kier alpha value is -1.02.